The van der Waals surface area contributed by atoms with E-state index >= 15 is 0 Å². The second kappa shape index (κ2) is 9.05. The monoisotopic (exact) mass is 608 g/mol. The van der Waals surface area contributed by atoms with Gasteiger partial charge in [0, 0.05) is 53.6 Å². The molecule has 1 aromatic rings. The van der Waals surface area contributed by atoms with Gasteiger partial charge in [-0.1, -0.05) is 32.1 Å². The highest BCUT2D eigenvalue weighted by molar-refractivity contribution is 6.20. The van der Waals surface area contributed by atoms with E-state index < -0.39 is 63.5 Å². The molecule has 3 N–H and O–H groups in total. The number of phenols is 1. The average molecular weight is 609 g/mol. The fourth-order valence-electron chi connectivity index (χ4n) is 8.08. The number of phenolic OH excluding ortho intramolecular Hbond substituents is 1. The summed E-state index contributed by atoms with van der Waals surface area (Å²) in [5, 5.41) is 32.2. The first kappa shape index (κ1) is 30.6. The van der Waals surface area contributed by atoms with E-state index in [0.717, 1.165) is 0 Å². The summed E-state index contributed by atoms with van der Waals surface area (Å²) in [6.07, 6.45) is 1.50. The number of rotatable bonds is 7. The van der Waals surface area contributed by atoms with E-state index in [1.807, 2.05) is 34.6 Å². The van der Waals surface area contributed by atoms with Crippen LogP contribution in [0.1, 0.15) is 82.8 Å². The zero-order chi connectivity index (χ0) is 32.5. The van der Waals surface area contributed by atoms with Gasteiger partial charge in [0.15, 0.2) is 17.0 Å². The first-order chi connectivity index (χ1) is 20.3. The molecule has 1 saturated heterocycles. The van der Waals surface area contributed by atoms with Gasteiger partial charge < -0.3 is 34.3 Å². The maximum absolute atomic E-state index is 14.8. The van der Waals surface area contributed by atoms with Crippen molar-refractivity contribution in [3.05, 3.63) is 52.1 Å². The summed E-state index contributed by atoms with van der Waals surface area (Å²) in [6, 6.07) is 0. The van der Waals surface area contributed by atoms with Gasteiger partial charge in [-0.3, -0.25) is 9.59 Å². The summed E-state index contributed by atoms with van der Waals surface area (Å²) in [7, 11) is 1.40. The molecule has 3 heterocycles. The number of aliphatic hydroxyl groups is 1. The Hall–Kier alpha value is -3.47. The molecule has 2 fully saturated rings. The second-order valence-electron chi connectivity index (χ2n) is 14.1. The van der Waals surface area contributed by atoms with Gasteiger partial charge in [-0.2, -0.15) is 0 Å². The molecule has 44 heavy (non-hydrogen) atoms. The third-order valence-electron chi connectivity index (χ3n) is 10.9. The quantitative estimate of drug-likeness (QED) is 0.305. The van der Waals surface area contributed by atoms with E-state index in [1.165, 1.54) is 26.2 Å². The number of aliphatic carboxylic acids is 1. The number of carboxylic acid groups (broad SMARTS) is 1. The number of benzene rings is 1. The minimum absolute atomic E-state index is 0.0111. The van der Waals surface area contributed by atoms with Gasteiger partial charge in [0.1, 0.15) is 34.5 Å². The molecule has 7 rings (SSSR count). The van der Waals surface area contributed by atoms with Crippen LogP contribution < -0.4 is 9.47 Å². The average Bonchev–Trinajstić information content (AvgIpc) is 3.27. The van der Waals surface area contributed by atoms with Gasteiger partial charge in [-0.05, 0) is 47.1 Å². The van der Waals surface area contributed by atoms with Crippen LogP contribution in [0.15, 0.2) is 35.5 Å². The summed E-state index contributed by atoms with van der Waals surface area (Å²) in [4.78, 5) is 41.2. The van der Waals surface area contributed by atoms with Crippen molar-refractivity contribution in [3.8, 4) is 17.2 Å². The number of carboxylic acids is 1. The summed E-state index contributed by atoms with van der Waals surface area (Å²) < 4.78 is 26.0. The standard InChI is InChI=1S/C34H40O10/c1-15(2)20(35)12-18-24(36)22-25(37)19-13-32(41-9)14-21-31(7,8)44-33(29(32)40,11-10-16(3)28(38)39)34(19,21)43-27(22)23-26(18)42-17(4)30(23,5)6/h10,13,17,20-21,35-36H,1,11-12,14H2,2-9H3,(H,38,39)/b16-10+/t17-,20+,21+,32+,33+,34-/m0/s1. The van der Waals surface area contributed by atoms with Crippen LogP contribution in [0.25, 0.3) is 0 Å². The van der Waals surface area contributed by atoms with E-state index in [4.69, 9.17) is 18.9 Å². The molecule has 236 valence electrons. The topological polar surface area (TPSA) is 149 Å². The SMILES string of the molecule is C=C(C)[C@H](O)Cc1c(O)c2c(c3c1O[C@@H](C)C3(C)C)O[C@@]13C(=C[C@@]4(OC)C[C@@H]1C(C)(C)O[C@]3(C/C=C(\C)C(=O)O)C4=O)C2=O. The molecule has 10 heteroatoms. The Morgan fingerprint density at radius 1 is 1.20 bits per heavy atom. The number of aliphatic hydroxyl groups excluding tert-OH is 1. The number of ketones is 2. The lowest BCUT2D eigenvalue weighted by molar-refractivity contribution is -0.190. The molecule has 6 aliphatic rings. The van der Waals surface area contributed by atoms with Gasteiger partial charge in [0.2, 0.25) is 5.78 Å². The molecule has 6 atom stereocenters. The van der Waals surface area contributed by atoms with Gasteiger partial charge in [-0.25, -0.2) is 4.79 Å². The number of hydrogen-bond donors (Lipinski definition) is 3. The van der Waals surface area contributed by atoms with E-state index in [9.17, 15) is 29.7 Å². The number of hydrogen-bond acceptors (Lipinski definition) is 9. The zero-order valence-corrected chi connectivity index (χ0v) is 26.4. The molecule has 0 unspecified atom stereocenters. The van der Waals surface area contributed by atoms with Crippen molar-refractivity contribution < 1.29 is 48.7 Å². The molecule has 3 aliphatic heterocycles. The van der Waals surface area contributed by atoms with Gasteiger partial charge in [-0.15, -0.1) is 0 Å². The summed E-state index contributed by atoms with van der Waals surface area (Å²) in [5.41, 5.74) is -5.32. The Balaban J connectivity index is 1.69. The van der Waals surface area contributed by atoms with Crippen molar-refractivity contribution >= 4 is 17.5 Å². The maximum atomic E-state index is 14.8. The normalized spacial score (nSPS) is 34.4. The van der Waals surface area contributed by atoms with Crippen molar-refractivity contribution in [2.24, 2.45) is 5.92 Å². The smallest absolute Gasteiger partial charge is 0.330 e. The Morgan fingerprint density at radius 3 is 2.45 bits per heavy atom. The van der Waals surface area contributed by atoms with E-state index in [1.54, 1.807) is 6.92 Å². The van der Waals surface area contributed by atoms with Crippen molar-refractivity contribution in [1.82, 2.24) is 0 Å². The lowest BCUT2D eigenvalue weighted by Gasteiger charge is -2.59. The molecule has 1 spiro atoms. The lowest BCUT2D eigenvalue weighted by Crippen LogP contribution is -2.77. The van der Waals surface area contributed by atoms with Crippen LogP contribution in [-0.2, 0) is 30.9 Å². The van der Waals surface area contributed by atoms with Crippen LogP contribution in [0.2, 0.25) is 0 Å². The van der Waals surface area contributed by atoms with Crippen molar-refractivity contribution in [2.45, 2.75) is 108 Å². The van der Waals surface area contributed by atoms with Gasteiger partial charge in [0.25, 0.3) is 0 Å². The molecular formula is C34H40O10. The first-order valence-corrected chi connectivity index (χ1v) is 14.9. The highest BCUT2D eigenvalue weighted by Crippen LogP contribution is 2.70. The predicted molar refractivity (Wildman–Crippen MR) is 158 cm³/mol. The molecule has 10 nitrogen and oxygen atoms in total. The molecular weight excluding hydrogens is 568 g/mol. The Labute approximate surface area is 256 Å². The third kappa shape index (κ3) is 3.44. The summed E-state index contributed by atoms with van der Waals surface area (Å²) in [5.74, 6) is -2.64. The number of fused-ring (bicyclic) bond motifs is 3. The Bertz CT molecular complexity index is 1630. The Morgan fingerprint density at radius 2 is 1.86 bits per heavy atom. The van der Waals surface area contributed by atoms with Crippen LogP contribution in [0.5, 0.6) is 17.2 Å². The fraction of sp³-hybridized carbons (Fsp3) is 0.559. The molecule has 4 bridgehead atoms. The predicted octanol–water partition coefficient (Wildman–Crippen LogP) is 4.13. The highest BCUT2D eigenvalue weighted by Gasteiger charge is 2.84. The van der Waals surface area contributed by atoms with Gasteiger partial charge in [0.05, 0.1) is 11.7 Å². The number of carbonyl (C=O) groups excluding carboxylic acids is 2. The van der Waals surface area contributed by atoms with Crippen LogP contribution in [0, 0.1) is 5.92 Å². The molecule has 0 amide bonds. The van der Waals surface area contributed by atoms with E-state index in [0.29, 0.717) is 16.9 Å². The fourth-order valence-corrected chi connectivity index (χ4v) is 8.08. The largest absolute Gasteiger partial charge is 0.507 e. The molecule has 1 aromatic carbocycles. The summed E-state index contributed by atoms with van der Waals surface area (Å²) >= 11 is 0. The minimum atomic E-state index is -1.81. The zero-order valence-electron chi connectivity index (χ0n) is 26.4. The minimum Gasteiger partial charge on any atom is -0.507 e. The molecule has 1 saturated carbocycles. The van der Waals surface area contributed by atoms with Crippen LogP contribution in [-0.4, -0.2) is 74.6 Å². The van der Waals surface area contributed by atoms with Crippen molar-refractivity contribution in [3.63, 3.8) is 0 Å². The lowest BCUT2D eigenvalue weighted by atomic mass is 9.49. The number of ether oxygens (including phenoxy) is 4. The highest BCUT2D eigenvalue weighted by atomic mass is 16.6. The van der Waals surface area contributed by atoms with E-state index in [-0.39, 0.29) is 53.0 Å². The first-order valence-electron chi connectivity index (χ1n) is 14.9. The van der Waals surface area contributed by atoms with Crippen molar-refractivity contribution in [1.29, 1.82) is 0 Å². The number of Topliss-reactive ketones (excluding diaryl/α,β-unsaturated/α-hetero) is 2. The number of methoxy groups -OCH3 is 1. The van der Waals surface area contributed by atoms with Crippen LogP contribution in [0.4, 0.5) is 0 Å². The maximum Gasteiger partial charge on any atom is 0.330 e. The number of aromatic hydroxyl groups is 1. The molecule has 0 aromatic heterocycles. The number of carbonyl (C=O) groups is 3. The third-order valence-corrected chi connectivity index (χ3v) is 10.9. The Kier molecular flexibility index (Phi) is 6.28. The molecule has 0 radical (unpaired) electrons. The molecule has 3 aliphatic carbocycles. The van der Waals surface area contributed by atoms with Crippen LogP contribution in [0.3, 0.4) is 0 Å². The van der Waals surface area contributed by atoms with Crippen LogP contribution >= 0.6 is 0 Å². The van der Waals surface area contributed by atoms with E-state index in [2.05, 4.69) is 6.58 Å². The summed E-state index contributed by atoms with van der Waals surface area (Å²) in [6.45, 7) is 16.4. The second-order valence-corrected chi connectivity index (χ2v) is 14.1. The van der Waals surface area contributed by atoms with Gasteiger partial charge >= 0.3 is 5.97 Å². The van der Waals surface area contributed by atoms with Crippen molar-refractivity contribution in [2.75, 3.05) is 7.11 Å².